The topological polar surface area (TPSA) is 61.8 Å². The van der Waals surface area contributed by atoms with Crippen LogP contribution in [0.25, 0.3) is 0 Å². The monoisotopic (exact) mass is 490 g/mol. The molecule has 0 rings (SSSR count). The van der Waals surface area contributed by atoms with Crippen LogP contribution in [0.1, 0.15) is 41.5 Å². The van der Waals surface area contributed by atoms with Crippen molar-refractivity contribution in [1.29, 1.82) is 0 Å². The molecule has 0 heterocycles. The van der Waals surface area contributed by atoms with Crippen LogP contribution in [-0.2, 0) is 17.1 Å². The Labute approximate surface area is 126 Å². The summed E-state index contributed by atoms with van der Waals surface area (Å²) in [6.45, 7) is 10.9. The maximum absolute atomic E-state index is 11.3. The van der Waals surface area contributed by atoms with Gasteiger partial charge in [-0.3, -0.25) is 0 Å². The van der Waals surface area contributed by atoms with Gasteiger partial charge in [0.2, 0.25) is 0 Å². The number of rotatable bonds is 8. The molecule has 0 aliphatic rings. The fraction of sp³-hybridized carbons (Fsp3) is 0.833. The minimum absolute atomic E-state index is 0.414. The van der Waals surface area contributed by atoms with Crippen LogP contribution in [0.3, 0.4) is 0 Å². The molecule has 0 N–H and O–H groups in total. The van der Waals surface area contributed by atoms with Crippen molar-refractivity contribution in [2.75, 3.05) is 0 Å². The Balaban J connectivity index is 5.31. The van der Waals surface area contributed by atoms with Gasteiger partial charge in [-0.2, -0.15) is 0 Å². The average Bonchev–Trinajstić information content (AvgIpc) is 2.34. The summed E-state index contributed by atoms with van der Waals surface area (Å²) in [6, 6.07) is 0. The zero-order valence-corrected chi connectivity index (χ0v) is 18.6. The summed E-state index contributed by atoms with van der Waals surface area (Å²) in [4.78, 5) is 22.7. The second-order valence-corrected chi connectivity index (χ2v) is 28.9. The van der Waals surface area contributed by atoms with E-state index in [4.69, 9.17) is 7.56 Å². The molecule has 0 atom stereocenters. The Morgan fingerprint density at radius 1 is 0.789 bits per heavy atom. The molecule has 7 heteroatoms. The number of carbonyl (C=O) groups is 2. The fourth-order valence-electron chi connectivity index (χ4n) is 2.01. The fourth-order valence-corrected chi connectivity index (χ4v) is 38.8. The van der Waals surface area contributed by atoms with Gasteiger partial charge >= 0.3 is 127 Å². The minimum atomic E-state index is -4.05. The van der Waals surface area contributed by atoms with E-state index in [1.54, 1.807) is 0 Å². The van der Waals surface area contributed by atoms with Crippen LogP contribution in [0.5, 0.6) is 0 Å². The Morgan fingerprint density at radius 3 is 1.37 bits per heavy atom. The Bertz CT molecular complexity index is 291. The van der Waals surface area contributed by atoms with Gasteiger partial charge in [0.15, 0.2) is 0 Å². The molecule has 0 spiro atoms. The van der Waals surface area contributed by atoms with Gasteiger partial charge in [0, 0.05) is 0 Å². The van der Waals surface area contributed by atoms with E-state index >= 15 is 0 Å². The van der Waals surface area contributed by atoms with Gasteiger partial charge in [0.25, 0.3) is 0 Å². The van der Waals surface area contributed by atoms with E-state index in [0.717, 1.165) is 13.3 Å². The quantitative estimate of drug-likeness (QED) is 0.493. The first-order valence-corrected chi connectivity index (χ1v) is 19.6. The molecule has 0 saturated heterocycles. The molecule has 0 unspecified atom stereocenters. The summed E-state index contributed by atoms with van der Waals surface area (Å²) in [7, 11) is 0. The van der Waals surface area contributed by atoms with E-state index in [0.29, 0.717) is 4.44 Å². The summed E-state index contributed by atoms with van der Waals surface area (Å²) in [5.41, 5.74) is 0. The summed E-state index contributed by atoms with van der Waals surface area (Å²) >= 11 is -6.84. The van der Waals surface area contributed by atoms with Gasteiger partial charge in [0.05, 0.1) is 0 Å². The molecule has 0 aliphatic heterocycles. The molecule has 112 valence electrons. The third-order valence-corrected chi connectivity index (χ3v) is 36.6. The summed E-state index contributed by atoms with van der Waals surface area (Å²) in [5, 5.41) is 0. The molecule has 0 fully saturated rings. The van der Waals surface area contributed by atoms with Crippen LogP contribution in [-0.4, -0.2) is 50.3 Å². The zero-order valence-electron chi connectivity index (χ0n) is 12.9. The molecule has 0 aromatic carbocycles. The molecular formula is C12H26O5Sn2. The van der Waals surface area contributed by atoms with Crippen LogP contribution in [0, 0.1) is 0 Å². The van der Waals surface area contributed by atoms with E-state index in [1.165, 1.54) is 13.8 Å². The predicted octanol–water partition coefficient (Wildman–Crippen LogP) is 3.09. The first-order chi connectivity index (χ1) is 8.78. The molecule has 0 bridgehead atoms. The first-order valence-electron chi connectivity index (χ1n) is 6.88. The molecule has 0 radical (unpaired) electrons. The summed E-state index contributed by atoms with van der Waals surface area (Å²) in [5.74, 6) is -0.829. The molecule has 0 aliphatic carbocycles. The molecule has 0 amide bonds. The number of hydrogen-bond donors (Lipinski definition) is 0. The third kappa shape index (κ3) is 6.20. The van der Waals surface area contributed by atoms with Crippen LogP contribution in [0.4, 0.5) is 0 Å². The van der Waals surface area contributed by atoms with Gasteiger partial charge in [-0.25, -0.2) is 0 Å². The normalized spacial score (nSPS) is 12.1. The van der Waals surface area contributed by atoms with Crippen LogP contribution < -0.4 is 0 Å². The van der Waals surface area contributed by atoms with Crippen LogP contribution >= 0.6 is 0 Å². The van der Waals surface area contributed by atoms with Gasteiger partial charge in [0.1, 0.15) is 0 Å². The van der Waals surface area contributed by atoms with E-state index in [2.05, 4.69) is 20.8 Å². The standard InChI is InChI=1S/2C2H4O2.4C2H5.O.2Sn/c2*1-2(3)4;4*1-2;;;/h2*1H3,(H,3,4);4*1H2,2H3;;;/q;;;;;;;;+2/p-2. The van der Waals surface area contributed by atoms with Crippen LogP contribution in [0.15, 0.2) is 0 Å². The molecule has 0 aromatic rings. The van der Waals surface area contributed by atoms with E-state index in [9.17, 15) is 9.59 Å². The Hall–Kier alpha value is 0.497. The number of carbonyl (C=O) groups excluding carboxylic acids is 2. The molecular weight excluding hydrogens is 462 g/mol. The van der Waals surface area contributed by atoms with Crippen molar-refractivity contribution in [2.24, 2.45) is 0 Å². The Morgan fingerprint density at radius 2 is 1.16 bits per heavy atom. The second-order valence-electron chi connectivity index (χ2n) is 4.57. The van der Waals surface area contributed by atoms with E-state index < -0.39 is 50.3 Å². The van der Waals surface area contributed by atoms with Gasteiger partial charge in [-0.15, -0.1) is 0 Å². The van der Waals surface area contributed by atoms with E-state index in [1.807, 2.05) is 6.92 Å². The van der Waals surface area contributed by atoms with Crippen LogP contribution in [0.2, 0.25) is 17.7 Å². The average molecular weight is 488 g/mol. The van der Waals surface area contributed by atoms with E-state index in [-0.39, 0.29) is 0 Å². The molecule has 0 saturated carbocycles. The molecule has 0 aromatic heterocycles. The number of hydrogen-bond acceptors (Lipinski definition) is 5. The van der Waals surface area contributed by atoms with Crippen molar-refractivity contribution >= 4 is 50.3 Å². The Kier molecular flexibility index (Phi) is 8.94. The van der Waals surface area contributed by atoms with Crippen molar-refractivity contribution in [2.45, 2.75) is 59.3 Å². The van der Waals surface area contributed by atoms with Gasteiger partial charge < -0.3 is 0 Å². The third-order valence-electron chi connectivity index (χ3n) is 3.34. The van der Waals surface area contributed by atoms with Crippen molar-refractivity contribution in [1.82, 2.24) is 0 Å². The molecule has 19 heavy (non-hydrogen) atoms. The second kappa shape index (κ2) is 8.71. The van der Waals surface area contributed by atoms with Gasteiger partial charge in [-0.05, 0) is 0 Å². The molecule has 5 nitrogen and oxygen atoms in total. The van der Waals surface area contributed by atoms with Gasteiger partial charge in [-0.1, -0.05) is 0 Å². The van der Waals surface area contributed by atoms with Crippen molar-refractivity contribution in [3.8, 4) is 0 Å². The summed E-state index contributed by atoms with van der Waals surface area (Å²) in [6.07, 6.45) is 0. The van der Waals surface area contributed by atoms with Crippen molar-refractivity contribution in [3.05, 3.63) is 0 Å². The maximum atomic E-state index is 11.3. The zero-order chi connectivity index (χ0) is 15.1. The van der Waals surface area contributed by atoms with Crippen molar-refractivity contribution in [3.63, 3.8) is 0 Å². The van der Waals surface area contributed by atoms with Crippen molar-refractivity contribution < 1.29 is 17.1 Å². The predicted molar refractivity (Wildman–Crippen MR) is 78.0 cm³/mol. The first kappa shape index (κ1) is 19.5. The SMILES string of the molecule is C[CH2][Sn]([CH2]C)([CH2]C)[O][Sn]([CH2]C)([O]C(C)=O)[O]C(C)=O. The summed E-state index contributed by atoms with van der Waals surface area (Å²) < 4.78 is 20.7.